The van der Waals surface area contributed by atoms with Crippen molar-refractivity contribution in [1.29, 1.82) is 0 Å². The maximum atomic E-state index is 11.9. The summed E-state index contributed by atoms with van der Waals surface area (Å²) >= 11 is 5.84. The van der Waals surface area contributed by atoms with Crippen LogP contribution in [0.25, 0.3) is 0 Å². The first-order valence-corrected chi connectivity index (χ1v) is 6.57. The molecule has 0 aliphatic heterocycles. The van der Waals surface area contributed by atoms with E-state index >= 15 is 0 Å². The highest BCUT2D eigenvalue weighted by Gasteiger charge is 2.23. The van der Waals surface area contributed by atoms with E-state index in [4.69, 9.17) is 11.6 Å². The van der Waals surface area contributed by atoms with Crippen molar-refractivity contribution in [2.45, 2.75) is 37.8 Å². The lowest BCUT2D eigenvalue weighted by Gasteiger charge is -2.10. The monoisotopic (exact) mass is 247 g/mol. The summed E-state index contributed by atoms with van der Waals surface area (Å²) in [4.78, 5) is 4.14. The predicted octanol–water partition coefficient (Wildman–Crippen LogP) is 2.53. The number of hydrogen-bond donors (Lipinski definition) is 0. The predicted molar refractivity (Wildman–Crippen MR) is 61.0 cm³/mol. The fourth-order valence-electron chi connectivity index (χ4n) is 1.10. The fraction of sp³-hybridized carbons (Fsp3) is 0.500. The zero-order valence-corrected chi connectivity index (χ0v) is 10.8. The van der Waals surface area contributed by atoms with Crippen LogP contribution in [0.2, 0.25) is 5.15 Å². The van der Waals surface area contributed by atoms with Crippen LogP contribution >= 0.6 is 11.6 Å². The lowest BCUT2D eigenvalue weighted by Crippen LogP contribution is -2.15. The van der Waals surface area contributed by atoms with Crippen LogP contribution < -0.4 is 0 Å². The smallest absolute Gasteiger partial charge is 0.183 e. The molecule has 0 aliphatic rings. The molecule has 0 unspecified atom stereocenters. The van der Waals surface area contributed by atoms with Crippen LogP contribution in [0.5, 0.6) is 0 Å². The SMILES string of the molecule is Cc1cc(S(=O)(=O)C(C)C)c(Cl)nc1C. The molecule has 0 spiro atoms. The Bertz CT molecular complexity index is 480. The quantitative estimate of drug-likeness (QED) is 0.755. The summed E-state index contributed by atoms with van der Waals surface area (Å²) in [6.45, 7) is 6.87. The molecular formula is C10H14ClNO2S. The summed E-state index contributed by atoms with van der Waals surface area (Å²) in [5.74, 6) is 0. The van der Waals surface area contributed by atoms with E-state index in [-0.39, 0.29) is 10.0 Å². The van der Waals surface area contributed by atoms with Gasteiger partial charge in [-0.1, -0.05) is 11.6 Å². The zero-order chi connectivity index (χ0) is 11.8. The van der Waals surface area contributed by atoms with Crippen molar-refractivity contribution in [3.63, 3.8) is 0 Å². The van der Waals surface area contributed by atoms with Crippen LogP contribution in [-0.4, -0.2) is 18.7 Å². The van der Waals surface area contributed by atoms with E-state index < -0.39 is 15.1 Å². The minimum atomic E-state index is -3.34. The summed E-state index contributed by atoms with van der Waals surface area (Å²) in [7, 11) is -3.34. The van der Waals surface area contributed by atoms with Gasteiger partial charge in [0.1, 0.15) is 10.0 Å². The molecule has 1 aromatic rings. The topological polar surface area (TPSA) is 47.0 Å². The first kappa shape index (κ1) is 12.5. The number of halogens is 1. The number of hydrogen-bond acceptors (Lipinski definition) is 3. The molecular weight excluding hydrogens is 234 g/mol. The third-order valence-electron chi connectivity index (χ3n) is 2.31. The molecule has 1 rings (SSSR count). The van der Waals surface area contributed by atoms with Gasteiger partial charge in [-0.15, -0.1) is 0 Å². The van der Waals surface area contributed by atoms with Crippen LogP contribution in [-0.2, 0) is 9.84 Å². The summed E-state index contributed by atoms with van der Waals surface area (Å²) < 4.78 is 23.8. The molecule has 0 aliphatic carbocycles. The number of aromatic nitrogens is 1. The molecule has 0 saturated carbocycles. The van der Waals surface area contributed by atoms with Gasteiger partial charge in [0, 0.05) is 5.69 Å². The third kappa shape index (κ3) is 2.32. The van der Waals surface area contributed by atoms with E-state index in [1.54, 1.807) is 26.8 Å². The molecule has 1 aromatic heterocycles. The van der Waals surface area contributed by atoms with Gasteiger partial charge >= 0.3 is 0 Å². The van der Waals surface area contributed by atoms with Crippen molar-refractivity contribution in [2.24, 2.45) is 0 Å². The first-order valence-electron chi connectivity index (χ1n) is 4.64. The zero-order valence-electron chi connectivity index (χ0n) is 9.20. The van der Waals surface area contributed by atoms with Gasteiger partial charge in [-0.3, -0.25) is 0 Å². The fourth-order valence-corrected chi connectivity index (χ4v) is 2.74. The molecule has 0 amide bonds. The molecule has 0 bridgehead atoms. The molecule has 0 aromatic carbocycles. The van der Waals surface area contributed by atoms with Gasteiger partial charge in [0.05, 0.1) is 5.25 Å². The molecule has 5 heteroatoms. The Labute approximate surface area is 95.4 Å². The van der Waals surface area contributed by atoms with Crippen molar-refractivity contribution >= 4 is 21.4 Å². The molecule has 1 heterocycles. The van der Waals surface area contributed by atoms with E-state index in [1.165, 1.54) is 0 Å². The van der Waals surface area contributed by atoms with Crippen LogP contribution in [0.15, 0.2) is 11.0 Å². The summed E-state index contributed by atoms with van der Waals surface area (Å²) in [5, 5.41) is -0.425. The van der Waals surface area contributed by atoms with Gasteiger partial charge < -0.3 is 0 Å². The van der Waals surface area contributed by atoms with E-state index in [1.807, 2.05) is 6.92 Å². The van der Waals surface area contributed by atoms with Gasteiger partial charge in [0.15, 0.2) is 9.84 Å². The second-order valence-electron chi connectivity index (χ2n) is 3.77. The van der Waals surface area contributed by atoms with Crippen LogP contribution in [0.4, 0.5) is 0 Å². The number of nitrogens with zero attached hydrogens (tertiary/aromatic N) is 1. The van der Waals surface area contributed by atoms with Crippen molar-refractivity contribution in [3.05, 3.63) is 22.5 Å². The minimum absolute atomic E-state index is 0.0619. The van der Waals surface area contributed by atoms with E-state index in [9.17, 15) is 8.42 Å². The molecule has 0 fully saturated rings. The third-order valence-corrected chi connectivity index (χ3v) is 4.88. The van der Waals surface area contributed by atoms with Crippen molar-refractivity contribution in [2.75, 3.05) is 0 Å². The van der Waals surface area contributed by atoms with E-state index in [2.05, 4.69) is 4.98 Å². The van der Waals surface area contributed by atoms with Crippen molar-refractivity contribution in [3.8, 4) is 0 Å². The molecule has 0 atom stereocenters. The molecule has 0 saturated heterocycles. The highest BCUT2D eigenvalue weighted by atomic mass is 35.5. The van der Waals surface area contributed by atoms with Gasteiger partial charge in [-0.05, 0) is 39.3 Å². The average molecular weight is 248 g/mol. The Hall–Kier alpha value is -0.610. The lowest BCUT2D eigenvalue weighted by molar-refractivity contribution is 0.587. The van der Waals surface area contributed by atoms with Crippen molar-refractivity contribution < 1.29 is 8.42 Å². The lowest BCUT2D eigenvalue weighted by atomic mass is 10.2. The average Bonchev–Trinajstić information content (AvgIpc) is 2.10. The van der Waals surface area contributed by atoms with Crippen LogP contribution in [0.3, 0.4) is 0 Å². The largest absolute Gasteiger partial charge is 0.240 e. The number of pyridine rings is 1. The second kappa shape index (κ2) is 4.10. The second-order valence-corrected chi connectivity index (χ2v) is 6.60. The summed E-state index contributed by atoms with van der Waals surface area (Å²) in [6, 6.07) is 1.58. The minimum Gasteiger partial charge on any atom is -0.240 e. The maximum absolute atomic E-state index is 11.9. The highest BCUT2D eigenvalue weighted by molar-refractivity contribution is 7.92. The molecule has 84 valence electrons. The Morgan fingerprint density at radius 1 is 1.33 bits per heavy atom. The van der Waals surface area contributed by atoms with Crippen LogP contribution in [0.1, 0.15) is 25.1 Å². The van der Waals surface area contributed by atoms with Gasteiger partial charge in [-0.25, -0.2) is 13.4 Å². The van der Waals surface area contributed by atoms with Crippen molar-refractivity contribution in [1.82, 2.24) is 4.98 Å². The highest BCUT2D eigenvalue weighted by Crippen LogP contribution is 2.25. The number of sulfone groups is 1. The number of aryl methyl sites for hydroxylation is 2. The van der Waals surface area contributed by atoms with Crippen LogP contribution in [0, 0.1) is 13.8 Å². The molecule has 0 radical (unpaired) electrons. The molecule has 3 nitrogen and oxygen atoms in total. The molecule has 15 heavy (non-hydrogen) atoms. The Balaban J connectivity index is 3.46. The van der Waals surface area contributed by atoms with Gasteiger partial charge in [0.25, 0.3) is 0 Å². The molecule has 0 N–H and O–H groups in total. The van der Waals surface area contributed by atoms with Gasteiger partial charge in [0.2, 0.25) is 0 Å². The first-order chi connectivity index (χ1) is 6.76. The van der Waals surface area contributed by atoms with E-state index in [0.717, 1.165) is 11.3 Å². The Morgan fingerprint density at radius 2 is 1.87 bits per heavy atom. The van der Waals surface area contributed by atoms with Gasteiger partial charge in [-0.2, -0.15) is 0 Å². The Morgan fingerprint density at radius 3 is 2.33 bits per heavy atom. The Kier molecular flexibility index (Phi) is 3.41. The summed E-state index contributed by atoms with van der Waals surface area (Å²) in [5.41, 5.74) is 1.58. The maximum Gasteiger partial charge on any atom is 0.183 e. The van der Waals surface area contributed by atoms with E-state index in [0.29, 0.717) is 0 Å². The normalized spacial score (nSPS) is 12.1. The summed E-state index contributed by atoms with van der Waals surface area (Å²) in [6.07, 6.45) is 0. The standard InChI is InChI=1S/C10H14ClNO2S/c1-6(2)15(13,14)9-5-7(3)8(4)12-10(9)11/h5-6H,1-4H3. The number of rotatable bonds is 2.